The Balaban J connectivity index is 1.89. The second-order valence-electron chi connectivity index (χ2n) is 6.68. The second-order valence-corrected chi connectivity index (χ2v) is 6.68. The molecule has 3 atom stereocenters. The summed E-state index contributed by atoms with van der Waals surface area (Å²) in [5.41, 5.74) is -1.01. The van der Waals surface area contributed by atoms with E-state index in [-0.39, 0.29) is 24.1 Å². The van der Waals surface area contributed by atoms with Gasteiger partial charge in [0.1, 0.15) is 11.9 Å². The molecule has 7 heteroatoms. The molecule has 1 aliphatic heterocycles. The van der Waals surface area contributed by atoms with Crippen LogP contribution in [-0.4, -0.2) is 28.1 Å². The number of carboxylic acids is 1. The summed E-state index contributed by atoms with van der Waals surface area (Å²) < 4.78 is 52.6. The van der Waals surface area contributed by atoms with E-state index in [1.807, 2.05) is 0 Å². The lowest BCUT2D eigenvalue weighted by molar-refractivity contribution is -0.143. The van der Waals surface area contributed by atoms with Crippen LogP contribution in [0.5, 0.6) is 0 Å². The van der Waals surface area contributed by atoms with Gasteiger partial charge in [0, 0.05) is 18.2 Å². The normalized spacial score (nSPS) is 27.9. The highest BCUT2D eigenvalue weighted by Crippen LogP contribution is 2.41. The summed E-state index contributed by atoms with van der Waals surface area (Å²) in [6.45, 7) is -0.103. The van der Waals surface area contributed by atoms with Crippen molar-refractivity contribution in [2.45, 2.75) is 56.9 Å². The monoisotopic (exact) mass is 345 g/mol. The molecule has 1 heterocycles. The predicted octanol–water partition coefficient (Wildman–Crippen LogP) is 4.06. The van der Waals surface area contributed by atoms with Crippen LogP contribution in [0.25, 0.3) is 0 Å². The number of carboxylic acid groups (broad SMARTS) is 1. The van der Waals surface area contributed by atoms with E-state index in [0.29, 0.717) is 12.5 Å². The Labute approximate surface area is 137 Å². The number of rotatable bonds is 3. The third-order valence-electron chi connectivity index (χ3n) is 5.23. The molecule has 24 heavy (non-hydrogen) atoms. The van der Waals surface area contributed by atoms with Crippen LogP contribution in [0.3, 0.4) is 0 Å². The molecule has 1 aromatic carbocycles. The Morgan fingerprint density at radius 3 is 2.62 bits per heavy atom. The van der Waals surface area contributed by atoms with Gasteiger partial charge in [-0.25, -0.2) is 4.39 Å². The SMILES string of the molecule is O=C(O)C1CC2CCCCC2N1Cc1cc(C(F)(F)F)ccc1F. The van der Waals surface area contributed by atoms with Gasteiger partial charge in [-0.05, 0) is 43.4 Å². The molecule has 1 saturated carbocycles. The van der Waals surface area contributed by atoms with Crippen molar-refractivity contribution in [3.05, 3.63) is 35.1 Å². The minimum Gasteiger partial charge on any atom is -0.480 e. The maximum absolute atomic E-state index is 14.0. The van der Waals surface area contributed by atoms with Gasteiger partial charge in [0.2, 0.25) is 0 Å². The van der Waals surface area contributed by atoms with Crippen molar-refractivity contribution in [2.24, 2.45) is 5.92 Å². The Morgan fingerprint density at radius 1 is 1.25 bits per heavy atom. The van der Waals surface area contributed by atoms with Crippen LogP contribution in [0.4, 0.5) is 17.6 Å². The number of hydrogen-bond donors (Lipinski definition) is 1. The first-order valence-corrected chi connectivity index (χ1v) is 8.11. The fraction of sp³-hybridized carbons (Fsp3) is 0.588. The average Bonchev–Trinajstić information content (AvgIpc) is 2.87. The molecule has 1 aromatic rings. The molecule has 3 nitrogen and oxygen atoms in total. The van der Waals surface area contributed by atoms with Crippen LogP contribution >= 0.6 is 0 Å². The van der Waals surface area contributed by atoms with Crippen LogP contribution in [0.2, 0.25) is 0 Å². The first kappa shape index (κ1) is 17.2. The minimum atomic E-state index is -4.55. The van der Waals surface area contributed by atoms with E-state index in [4.69, 9.17) is 0 Å². The van der Waals surface area contributed by atoms with Gasteiger partial charge in [0.05, 0.1) is 5.56 Å². The summed E-state index contributed by atoms with van der Waals surface area (Å²) in [5, 5.41) is 9.45. The minimum absolute atomic E-state index is 0.00814. The number of fused-ring (bicyclic) bond motifs is 1. The zero-order valence-corrected chi connectivity index (χ0v) is 13.0. The fourth-order valence-corrected chi connectivity index (χ4v) is 4.09. The summed E-state index contributed by atoms with van der Waals surface area (Å²) in [4.78, 5) is 13.2. The summed E-state index contributed by atoms with van der Waals surface area (Å²) in [7, 11) is 0. The van der Waals surface area contributed by atoms with Crippen molar-refractivity contribution in [3.8, 4) is 0 Å². The van der Waals surface area contributed by atoms with Crippen molar-refractivity contribution in [3.63, 3.8) is 0 Å². The van der Waals surface area contributed by atoms with Crippen molar-refractivity contribution in [2.75, 3.05) is 0 Å². The van der Waals surface area contributed by atoms with E-state index in [2.05, 4.69) is 0 Å². The van der Waals surface area contributed by atoms with Gasteiger partial charge in [0.15, 0.2) is 0 Å². The van der Waals surface area contributed by atoms with Crippen LogP contribution in [0, 0.1) is 11.7 Å². The lowest BCUT2D eigenvalue weighted by Gasteiger charge is -2.33. The number of halogens is 4. The number of likely N-dealkylation sites (tertiary alicyclic amines) is 1. The number of aliphatic carboxylic acids is 1. The van der Waals surface area contributed by atoms with Gasteiger partial charge in [-0.1, -0.05) is 12.8 Å². The number of carbonyl (C=O) groups is 1. The van der Waals surface area contributed by atoms with Crippen LogP contribution in [0.15, 0.2) is 18.2 Å². The van der Waals surface area contributed by atoms with Crippen molar-refractivity contribution < 1.29 is 27.5 Å². The van der Waals surface area contributed by atoms with E-state index < -0.39 is 29.6 Å². The average molecular weight is 345 g/mol. The highest BCUT2D eigenvalue weighted by Gasteiger charge is 2.45. The molecule has 2 aliphatic rings. The zero-order chi connectivity index (χ0) is 17.5. The van der Waals surface area contributed by atoms with E-state index in [1.54, 1.807) is 4.90 Å². The van der Waals surface area contributed by atoms with Crippen molar-refractivity contribution >= 4 is 5.97 Å². The van der Waals surface area contributed by atoms with E-state index in [1.165, 1.54) is 0 Å². The van der Waals surface area contributed by atoms with Gasteiger partial charge in [0.25, 0.3) is 0 Å². The summed E-state index contributed by atoms with van der Waals surface area (Å²) in [5.74, 6) is -1.49. The predicted molar refractivity (Wildman–Crippen MR) is 78.7 cm³/mol. The maximum atomic E-state index is 14.0. The van der Waals surface area contributed by atoms with Crippen molar-refractivity contribution in [1.29, 1.82) is 0 Å². The van der Waals surface area contributed by atoms with Gasteiger partial charge >= 0.3 is 12.1 Å². The second kappa shape index (κ2) is 6.35. The van der Waals surface area contributed by atoms with Crippen LogP contribution in [0.1, 0.15) is 43.2 Å². The summed E-state index contributed by atoms with van der Waals surface area (Å²) in [6, 6.07) is 1.56. The molecule has 3 rings (SSSR count). The lowest BCUT2D eigenvalue weighted by Crippen LogP contribution is -2.41. The smallest absolute Gasteiger partial charge is 0.416 e. The number of benzene rings is 1. The Kier molecular flexibility index (Phi) is 4.55. The molecule has 0 aromatic heterocycles. The third-order valence-corrected chi connectivity index (χ3v) is 5.23. The molecule has 1 N–H and O–H groups in total. The fourth-order valence-electron chi connectivity index (χ4n) is 4.09. The molecule has 0 amide bonds. The number of hydrogen-bond acceptors (Lipinski definition) is 2. The zero-order valence-electron chi connectivity index (χ0n) is 13.0. The van der Waals surface area contributed by atoms with Gasteiger partial charge < -0.3 is 5.11 Å². The first-order valence-electron chi connectivity index (χ1n) is 8.11. The molecular weight excluding hydrogens is 326 g/mol. The molecule has 1 saturated heterocycles. The molecule has 132 valence electrons. The topological polar surface area (TPSA) is 40.5 Å². The molecule has 0 bridgehead atoms. The van der Waals surface area contributed by atoms with E-state index >= 15 is 0 Å². The summed E-state index contributed by atoms with van der Waals surface area (Å²) >= 11 is 0. The van der Waals surface area contributed by atoms with Gasteiger partial charge in [-0.3, -0.25) is 9.69 Å². The molecule has 3 unspecified atom stereocenters. The number of alkyl halides is 3. The highest BCUT2D eigenvalue weighted by molar-refractivity contribution is 5.74. The molecule has 0 spiro atoms. The molecule has 2 fully saturated rings. The van der Waals surface area contributed by atoms with Gasteiger partial charge in [-0.15, -0.1) is 0 Å². The number of nitrogens with zero attached hydrogens (tertiary/aromatic N) is 1. The molecule has 0 radical (unpaired) electrons. The third kappa shape index (κ3) is 3.27. The van der Waals surface area contributed by atoms with E-state index in [0.717, 1.165) is 37.8 Å². The summed E-state index contributed by atoms with van der Waals surface area (Å²) in [6.07, 6.45) is -0.312. The van der Waals surface area contributed by atoms with Crippen LogP contribution in [-0.2, 0) is 17.5 Å². The molecular formula is C17H19F4NO2. The van der Waals surface area contributed by atoms with Gasteiger partial charge in [-0.2, -0.15) is 13.2 Å². The van der Waals surface area contributed by atoms with Crippen molar-refractivity contribution in [1.82, 2.24) is 4.90 Å². The maximum Gasteiger partial charge on any atom is 0.416 e. The Morgan fingerprint density at radius 2 is 1.96 bits per heavy atom. The first-order chi connectivity index (χ1) is 11.3. The van der Waals surface area contributed by atoms with Crippen LogP contribution < -0.4 is 0 Å². The Hall–Kier alpha value is -1.63. The molecule has 1 aliphatic carbocycles. The highest BCUT2D eigenvalue weighted by atomic mass is 19.4. The quantitative estimate of drug-likeness (QED) is 0.840. The lowest BCUT2D eigenvalue weighted by atomic mass is 9.84. The standard InChI is InChI=1S/C17H19F4NO2/c18-13-6-5-12(17(19,20)21)7-11(13)9-22-14-4-2-1-3-10(14)8-15(22)16(23)24/h5-7,10,14-15H,1-4,8-9H2,(H,23,24). The Bertz CT molecular complexity index is 632. The van der Waals surface area contributed by atoms with E-state index in [9.17, 15) is 27.5 Å². The largest absolute Gasteiger partial charge is 0.480 e.